The lowest BCUT2D eigenvalue weighted by atomic mass is 9.89. The van der Waals surface area contributed by atoms with Crippen LogP contribution in [0.1, 0.15) is 35.2 Å². The minimum Gasteiger partial charge on any atom is -0.497 e. The Balaban J connectivity index is 1.29. The standard InChI is InChI=1S/C25H26FNO4/c1-30-21-8-9-23-22(15-21)25(29)19(16-31-23)3-2-12-27-13-10-18(11-14-27)24(28)17-4-6-20(26)7-5-17/h4-9,15-16,18H,2-3,10-14H2,1H3. The molecule has 2 heterocycles. The summed E-state index contributed by atoms with van der Waals surface area (Å²) in [6, 6.07) is 11.0. The first kappa shape index (κ1) is 21.2. The van der Waals surface area contributed by atoms with Crippen LogP contribution in [0.15, 0.2) is 57.9 Å². The molecule has 5 nitrogen and oxygen atoms in total. The Bertz CT molecular complexity index is 1110. The minimum atomic E-state index is -0.328. The molecular weight excluding hydrogens is 397 g/mol. The molecule has 0 aliphatic carbocycles. The van der Waals surface area contributed by atoms with Crippen LogP contribution in [0.2, 0.25) is 0 Å². The van der Waals surface area contributed by atoms with Gasteiger partial charge in [0.2, 0.25) is 0 Å². The molecule has 0 radical (unpaired) electrons. The lowest BCUT2D eigenvalue weighted by Crippen LogP contribution is -2.37. The zero-order chi connectivity index (χ0) is 21.8. The third kappa shape index (κ3) is 4.85. The highest BCUT2D eigenvalue weighted by molar-refractivity contribution is 5.97. The molecule has 162 valence electrons. The number of piperidine rings is 1. The van der Waals surface area contributed by atoms with E-state index in [-0.39, 0.29) is 22.9 Å². The van der Waals surface area contributed by atoms with E-state index in [0.29, 0.717) is 34.3 Å². The van der Waals surface area contributed by atoms with E-state index in [1.165, 1.54) is 12.1 Å². The fourth-order valence-corrected chi connectivity index (χ4v) is 4.21. The van der Waals surface area contributed by atoms with E-state index in [4.69, 9.17) is 9.15 Å². The number of carbonyl (C=O) groups is 1. The molecule has 0 unspecified atom stereocenters. The van der Waals surface area contributed by atoms with Crippen molar-refractivity contribution in [3.63, 3.8) is 0 Å². The normalized spacial score (nSPS) is 15.3. The van der Waals surface area contributed by atoms with Crippen molar-refractivity contribution in [1.82, 2.24) is 4.90 Å². The fraction of sp³-hybridized carbons (Fsp3) is 0.360. The lowest BCUT2D eigenvalue weighted by molar-refractivity contribution is 0.0839. The molecule has 1 aliphatic heterocycles. The van der Waals surface area contributed by atoms with E-state index < -0.39 is 0 Å². The van der Waals surface area contributed by atoms with Gasteiger partial charge in [-0.05, 0) is 87.8 Å². The number of Topliss-reactive ketones (excluding diaryl/α,β-unsaturated/α-hetero) is 1. The summed E-state index contributed by atoms with van der Waals surface area (Å²) in [6.07, 6.45) is 4.65. The van der Waals surface area contributed by atoms with E-state index >= 15 is 0 Å². The Labute approximate surface area is 180 Å². The number of halogens is 1. The summed E-state index contributed by atoms with van der Waals surface area (Å²) >= 11 is 0. The second kappa shape index (κ2) is 9.43. The first-order valence-corrected chi connectivity index (χ1v) is 10.7. The van der Waals surface area contributed by atoms with Gasteiger partial charge in [0, 0.05) is 17.0 Å². The van der Waals surface area contributed by atoms with Gasteiger partial charge in [0.1, 0.15) is 17.1 Å². The number of ether oxygens (including phenoxy) is 1. The van der Waals surface area contributed by atoms with Crippen molar-refractivity contribution in [1.29, 1.82) is 0 Å². The third-order valence-electron chi connectivity index (χ3n) is 6.06. The number of nitrogens with zero attached hydrogens (tertiary/aromatic N) is 1. The van der Waals surface area contributed by atoms with Gasteiger partial charge in [-0.25, -0.2) is 4.39 Å². The zero-order valence-corrected chi connectivity index (χ0v) is 17.6. The van der Waals surface area contributed by atoms with Crippen molar-refractivity contribution in [3.05, 3.63) is 75.9 Å². The second-order valence-electron chi connectivity index (χ2n) is 8.04. The highest BCUT2D eigenvalue weighted by Crippen LogP contribution is 2.23. The summed E-state index contributed by atoms with van der Waals surface area (Å²) in [7, 11) is 1.57. The van der Waals surface area contributed by atoms with Crippen LogP contribution < -0.4 is 10.2 Å². The van der Waals surface area contributed by atoms with E-state index in [9.17, 15) is 14.0 Å². The predicted molar refractivity (Wildman–Crippen MR) is 117 cm³/mol. The number of rotatable bonds is 7. The van der Waals surface area contributed by atoms with Crippen molar-refractivity contribution in [2.24, 2.45) is 5.92 Å². The Morgan fingerprint density at radius 2 is 1.90 bits per heavy atom. The van der Waals surface area contributed by atoms with Gasteiger partial charge in [-0.3, -0.25) is 9.59 Å². The van der Waals surface area contributed by atoms with Crippen molar-refractivity contribution in [2.45, 2.75) is 25.7 Å². The van der Waals surface area contributed by atoms with Gasteiger partial charge in [0.25, 0.3) is 0 Å². The largest absolute Gasteiger partial charge is 0.497 e. The van der Waals surface area contributed by atoms with Crippen LogP contribution in [-0.4, -0.2) is 37.4 Å². The number of likely N-dealkylation sites (tertiary alicyclic amines) is 1. The SMILES string of the molecule is COc1ccc2occ(CCCN3CCC(C(=O)c4ccc(F)cc4)CC3)c(=O)c2c1. The number of ketones is 1. The molecule has 0 amide bonds. The zero-order valence-electron chi connectivity index (χ0n) is 17.6. The first-order chi connectivity index (χ1) is 15.0. The van der Waals surface area contributed by atoms with Crippen LogP contribution in [0.25, 0.3) is 11.0 Å². The van der Waals surface area contributed by atoms with Crippen molar-refractivity contribution < 1.29 is 18.3 Å². The van der Waals surface area contributed by atoms with E-state index in [0.717, 1.165) is 38.9 Å². The maximum atomic E-state index is 13.1. The molecule has 4 rings (SSSR count). The van der Waals surface area contributed by atoms with Gasteiger partial charge in [-0.15, -0.1) is 0 Å². The number of aryl methyl sites for hydroxylation is 1. The molecule has 0 atom stereocenters. The van der Waals surface area contributed by atoms with Crippen LogP contribution in [0.4, 0.5) is 4.39 Å². The topological polar surface area (TPSA) is 59.8 Å². The van der Waals surface area contributed by atoms with Gasteiger partial charge in [-0.2, -0.15) is 0 Å². The number of hydrogen-bond donors (Lipinski definition) is 0. The van der Waals surface area contributed by atoms with Crippen molar-refractivity contribution in [3.8, 4) is 5.75 Å². The average Bonchev–Trinajstić information content (AvgIpc) is 2.81. The monoisotopic (exact) mass is 423 g/mol. The van der Waals surface area contributed by atoms with Gasteiger partial charge in [-0.1, -0.05) is 0 Å². The number of fused-ring (bicyclic) bond motifs is 1. The molecule has 0 N–H and O–H groups in total. The molecule has 1 saturated heterocycles. The first-order valence-electron chi connectivity index (χ1n) is 10.7. The third-order valence-corrected chi connectivity index (χ3v) is 6.06. The van der Waals surface area contributed by atoms with E-state index in [1.807, 2.05) is 0 Å². The summed E-state index contributed by atoms with van der Waals surface area (Å²) < 4.78 is 23.9. The smallest absolute Gasteiger partial charge is 0.195 e. The molecule has 3 aromatic rings. The Hall–Kier alpha value is -2.99. The Morgan fingerprint density at radius 1 is 1.16 bits per heavy atom. The van der Waals surface area contributed by atoms with Crippen LogP contribution in [0.5, 0.6) is 5.75 Å². The molecule has 0 saturated carbocycles. The van der Waals surface area contributed by atoms with Crippen molar-refractivity contribution in [2.75, 3.05) is 26.7 Å². The summed E-state index contributed by atoms with van der Waals surface area (Å²) in [5.74, 6) is 0.397. The van der Waals surface area contributed by atoms with Gasteiger partial charge < -0.3 is 14.1 Å². The minimum absolute atomic E-state index is 0.00998. The molecule has 2 aromatic carbocycles. The number of carbonyl (C=O) groups excluding carboxylic acids is 1. The summed E-state index contributed by atoms with van der Waals surface area (Å²) in [6.45, 7) is 2.56. The Morgan fingerprint density at radius 3 is 2.61 bits per heavy atom. The maximum Gasteiger partial charge on any atom is 0.195 e. The van der Waals surface area contributed by atoms with E-state index in [1.54, 1.807) is 43.7 Å². The van der Waals surface area contributed by atoms with Crippen LogP contribution >= 0.6 is 0 Å². The molecular formula is C25H26FNO4. The summed E-state index contributed by atoms with van der Waals surface area (Å²) in [5, 5.41) is 0.539. The lowest BCUT2D eigenvalue weighted by Gasteiger charge is -2.31. The average molecular weight is 423 g/mol. The summed E-state index contributed by atoms with van der Waals surface area (Å²) in [4.78, 5) is 27.7. The molecule has 1 aromatic heterocycles. The number of benzene rings is 2. The highest BCUT2D eigenvalue weighted by atomic mass is 19.1. The van der Waals surface area contributed by atoms with Crippen LogP contribution in [-0.2, 0) is 6.42 Å². The summed E-state index contributed by atoms with van der Waals surface area (Å²) in [5.41, 5.74) is 1.80. The Kier molecular flexibility index (Phi) is 6.47. The fourth-order valence-electron chi connectivity index (χ4n) is 4.21. The van der Waals surface area contributed by atoms with Gasteiger partial charge in [0.05, 0.1) is 18.8 Å². The van der Waals surface area contributed by atoms with Crippen LogP contribution in [0, 0.1) is 11.7 Å². The van der Waals surface area contributed by atoms with Crippen molar-refractivity contribution >= 4 is 16.8 Å². The molecule has 6 heteroatoms. The number of methoxy groups -OCH3 is 1. The van der Waals surface area contributed by atoms with Crippen LogP contribution in [0.3, 0.4) is 0 Å². The quantitative estimate of drug-likeness (QED) is 0.525. The van der Waals surface area contributed by atoms with Gasteiger partial charge >= 0.3 is 0 Å². The van der Waals surface area contributed by atoms with E-state index in [2.05, 4.69) is 4.90 Å². The van der Waals surface area contributed by atoms with Gasteiger partial charge in [0.15, 0.2) is 11.2 Å². The maximum absolute atomic E-state index is 13.1. The molecule has 1 aliphatic rings. The molecule has 1 fully saturated rings. The molecule has 31 heavy (non-hydrogen) atoms. The predicted octanol–water partition coefficient (Wildman–Crippen LogP) is 4.47. The molecule has 0 spiro atoms. The number of hydrogen-bond acceptors (Lipinski definition) is 5. The molecule has 0 bridgehead atoms. The second-order valence-corrected chi connectivity index (χ2v) is 8.04. The highest BCUT2D eigenvalue weighted by Gasteiger charge is 2.25.